The van der Waals surface area contributed by atoms with Crippen LogP contribution in [0, 0.1) is 5.82 Å². The van der Waals surface area contributed by atoms with Crippen LogP contribution < -0.4 is 10.5 Å². The lowest BCUT2D eigenvalue weighted by molar-refractivity contribution is 0.107. The Morgan fingerprint density at radius 3 is 2.32 bits per heavy atom. The molecule has 4 heteroatoms. The van der Waals surface area contributed by atoms with E-state index in [4.69, 9.17) is 10.5 Å². The molecule has 0 saturated heterocycles. The molecule has 0 bridgehead atoms. The maximum Gasteiger partial charge on any atom is 0.165 e. The van der Waals surface area contributed by atoms with E-state index in [1.807, 2.05) is 6.07 Å². The van der Waals surface area contributed by atoms with E-state index in [2.05, 4.69) is 32.6 Å². The Bertz CT molecular complexity index is 417. The van der Waals surface area contributed by atoms with Gasteiger partial charge in [0, 0.05) is 11.6 Å². The third-order valence-electron chi connectivity index (χ3n) is 3.87. The molecule has 2 N–H and O–H groups in total. The lowest BCUT2D eigenvalue weighted by Crippen LogP contribution is -2.51. The van der Waals surface area contributed by atoms with Crippen molar-refractivity contribution in [2.75, 3.05) is 20.2 Å². The number of nitrogens with two attached hydrogens (primary N) is 1. The van der Waals surface area contributed by atoms with Gasteiger partial charge in [-0.2, -0.15) is 0 Å². The molecule has 1 aromatic carbocycles. The highest BCUT2D eigenvalue weighted by molar-refractivity contribution is 5.32. The van der Waals surface area contributed by atoms with Crippen LogP contribution in [0.5, 0.6) is 5.75 Å². The van der Waals surface area contributed by atoms with Crippen LogP contribution in [0.15, 0.2) is 18.2 Å². The van der Waals surface area contributed by atoms with Crippen LogP contribution in [0.2, 0.25) is 0 Å². The van der Waals surface area contributed by atoms with Crippen LogP contribution in [0.1, 0.15) is 39.3 Å². The third kappa shape index (κ3) is 3.25. The van der Waals surface area contributed by atoms with Gasteiger partial charge in [0.05, 0.1) is 7.11 Å². The van der Waals surface area contributed by atoms with E-state index in [9.17, 15) is 4.39 Å². The summed E-state index contributed by atoms with van der Waals surface area (Å²) in [6.45, 7) is 10.2. The largest absolute Gasteiger partial charge is 0.494 e. The molecule has 0 radical (unpaired) electrons. The van der Waals surface area contributed by atoms with Gasteiger partial charge in [-0.3, -0.25) is 4.90 Å². The van der Waals surface area contributed by atoms with E-state index in [1.165, 1.54) is 13.2 Å². The molecule has 0 aliphatic rings. The Kier molecular flexibility index (Phi) is 5.32. The van der Waals surface area contributed by atoms with Gasteiger partial charge in [0.1, 0.15) is 0 Å². The quantitative estimate of drug-likeness (QED) is 0.862. The molecule has 1 unspecified atom stereocenters. The molecular formula is C15H25FN2O. The van der Waals surface area contributed by atoms with Gasteiger partial charge in [0.25, 0.3) is 0 Å². The second-order valence-corrected chi connectivity index (χ2v) is 5.20. The number of hydrogen-bond acceptors (Lipinski definition) is 3. The highest BCUT2D eigenvalue weighted by Gasteiger charge is 2.32. The smallest absolute Gasteiger partial charge is 0.165 e. The Hall–Kier alpha value is -1.13. The standard InChI is InChI=1S/C15H25FN2O/c1-6-18(7-2)15(3,4)14(17)11-8-9-13(19-5)12(16)10-11/h8-10,14H,6-7,17H2,1-5H3. The Morgan fingerprint density at radius 1 is 1.32 bits per heavy atom. The molecule has 0 aromatic heterocycles. The maximum atomic E-state index is 13.8. The van der Waals surface area contributed by atoms with Crippen molar-refractivity contribution in [1.29, 1.82) is 0 Å². The van der Waals surface area contributed by atoms with Gasteiger partial charge in [0.2, 0.25) is 0 Å². The van der Waals surface area contributed by atoms with Crippen molar-refractivity contribution in [2.24, 2.45) is 5.73 Å². The molecule has 0 aliphatic heterocycles. The Balaban J connectivity index is 3.05. The summed E-state index contributed by atoms with van der Waals surface area (Å²) in [5.74, 6) is -0.123. The van der Waals surface area contributed by atoms with Gasteiger partial charge in [-0.05, 0) is 44.6 Å². The highest BCUT2D eigenvalue weighted by Crippen LogP contribution is 2.31. The van der Waals surface area contributed by atoms with Gasteiger partial charge >= 0.3 is 0 Å². The summed E-state index contributed by atoms with van der Waals surface area (Å²) in [7, 11) is 1.46. The number of hydrogen-bond donors (Lipinski definition) is 1. The van der Waals surface area contributed by atoms with Gasteiger partial charge in [-0.25, -0.2) is 4.39 Å². The maximum absolute atomic E-state index is 13.8. The number of halogens is 1. The zero-order chi connectivity index (χ0) is 14.6. The van der Waals surface area contributed by atoms with Crippen molar-refractivity contribution >= 4 is 0 Å². The lowest BCUT2D eigenvalue weighted by atomic mass is 9.87. The summed E-state index contributed by atoms with van der Waals surface area (Å²) >= 11 is 0. The van der Waals surface area contributed by atoms with Crippen LogP contribution in [-0.2, 0) is 0 Å². The first-order valence-corrected chi connectivity index (χ1v) is 6.72. The first kappa shape index (κ1) is 15.9. The fraction of sp³-hybridized carbons (Fsp3) is 0.600. The molecule has 3 nitrogen and oxygen atoms in total. The molecular weight excluding hydrogens is 243 g/mol. The minimum atomic E-state index is -0.370. The van der Waals surface area contributed by atoms with Crippen molar-refractivity contribution in [2.45, 2.75) is 39.3 Å². The van der Waals surface area contributed by atoms with E-state index in [1.54, 1.807) is 6.07 Å². The molecule has 0 amide bonds. The van der Waals surface area contributed by atoms with Crippen LogP contribution in [0.3, 0.4) is 0 Å². The van der Waals surface area contributed by atoms with Crippen LogP contribution >= 0.6 is 0 Å². The zero-order valence-electron chi connectivity index (χ0n) is 12.5. The molecule has 1 atom stereocenters. The number of ether oxygens (including phenoxy) is 1. The first-order valence-electron chi connectivity index (χ1n) is 6.72. The lowest BCUT2D eigenvalue weighted by Gasteiger charge is -2.42. The van der Waals surface area contributed by atoms with E-state index >= 15 is 0 Å². The number of nitrogens with zero attached hydrogens (tertiary/aromatic N) is 1. The number of benzene rings is 1. The van der Waals surface area contributed by atoms with Crippen molar-refractivity contribution < 1.29 is 9.13 Å². The van der Waals surface area contributed by atoms with E-state index in [-0.39, 0.29) is 23.1 Å². The average Bonchev–Trinajstić information content (AvgIpc) is 2.38. The van der Waals surface area contributed by atoms with E-state index < -0.39 is 0 Å². The van der Waals surface area contributed by atoms with Crippen molar-refractivity contribution in [3.05, 3.63) is 29.6 Å². The molecule has 0 spiro atoms. The first-order chi connectivity index (χ1) is 8.88. The topological polar surface area (TPSA) is 38.5 Å². The van der Waals surface area contributed by atoms with Crippen LogP contribution in [0.4, 0.5) is 4.39 Å². The summed E-state index contributed by atoms with van der Waals surface area (Å²) in [5, 5.41) is 0. The molecule has 108 valence electrons. The molecule has 1 aromatic rings. The summed E-state index contributed by atoms with van der Waals surface area (Å²) < 4.78 is 18.7. The van der Waals surface area contributed by atoms with E-state index in [0.29, 0.717) is 0 Å². The van der Waals surface area contributed by atoms with Crippen LogP contribution in [0.25, 0.3) is 0 Å². The van der Waals surface area contributed by atoms with Crippen LogP contribution in [-0.4, -0.2) is 30.6 Å². The number of likely N-dealkylation sites (N-methyl/N-ethyl adjacent to an activating group) is 1. The average molecular weight is 268 g/mol. The number of rotatable bonds is 6. The second kappa shape index (κ2) is 6.35. The highest BCUT2D eigenvalue weighted by atomic mass is 19.1. The monoisotopic (exact) mass is 268 g/mol. The minimum Gasteiger partial charge on any atom is -0.494 e. The Morgan fingerprint density at radius 2 is 1.89 bits per heavy atom. The molecule has 1 rings (SSSR count). The van der Waals surface area contributed by atoms with Crippen molar-refractivity contribution in [1.82, 2.24) is 4.90 Å². The predicted molar refractivity (Wildman–Crippen MR) is 76.9 cm³/mol. The molecule has 0 heterocycles. The molecule has 0 fully saturated rings. The van der Waals surface area contributed by atoms with Gasteiger partial charge in [-0.15, -0.1) is 0 Å². The summed E-state index contributed by atoms with van der Waals surface area (Å²) in [5.41, 5.74) is 6.89. The summed E-state index contributed by atoms with van der Waals surface area (Å²) in [6.07, 6.45) is 0. The fourth-order valence-corrected chi connectivity index (χ4v) is 2.52. The molecule has 19 heavy (non-hydrogen) atoms. The predicted octanol–water partition coefficient (Wildman–Crippen LogP) is 2.95. The SMILES string of the molecule is CCN(CC)C(C)(C)C(N)c1ccc(OC)c(F)c1. The molecule has 0 saturated carbocycles. The van der Waals surface area contributed by atoms with Gasteiger partial charge in [0.15, 0.2) is 11.6 Å². The van der Waals surface area contributed by atoms with Crippen molar-refractivity contribution in [3.63, 3.8) is 0 Å². The van der Waals surface area contributed by atoms with E-state index in [0.717, 1.165) is 18.7 Å². The minimum absolute atomic E-state index is 0.232. The normalized spacial score (nSPS) is 13.7. The third-order valence-corrected chi connectivity index (χ3v) is 3.87. The van der Waals surface area contributed by atoms with Gasteiger partial charge in [-0.1, -0.05) is 19.9 Å². The number of methoxy groups -OCH3 is 1. The zero-order valence-corrected chi connectivity index (χ0v) is 12.5. The second-order valence-electron chi connectivity index (χ2n) is 5.20. The Labute approximate surface area is 115 Å². The fourth-order valence-electron chi connectivity index (χ4n) is 2.52. The molecule has 0 aliphatic carbocycles. The summed E-state index contributed by atoms with van der Waals surface area (Å²) in [4.78, 5) is 2.28. The van der Waals surface area contributed by atoms with Gasteiger partial charge < -0.3 is 10.5 Å². The van der Waals surface area contributed by atoms with Crippen molar-refractivity contribution in [3.8, 4) is 5.75 Å². The summed E-state index contributed by atoms with van der Waals surface area (Å²) in [6, 6.07) is 4.67.